The Kier molecular flexibility index (Phi) is 5.15. The second kappa shape index (κ2) is 7.28. The van der Waals surface area contributed by atoms with Gasteiger partial charge in [-0.05, 0) is 44.2 Å². The average molecular weight is 288 g/mol. The van der Waals surface area contributed by atoms with Crippen molar-refractivity contribution >= 4 is 0 Å². The minimum absolute atomic E-state index is 0.603. The van der Waals surface area contributed by atoms with Crippen LogP contribution in [-0.2, 0) is 6.54 Å². The molecule has 0 amide bonds. The van der Waals surface area contributed by atoms with Gasteiger partial charge in [0.15, 0.2) is 0 Å². The number of ether oxygens (including phenoxy) is 1. The summed E-state index contributed by atoms with van der Waals surface area (Å²) in [7, 11) is 1.75. The van der Waals surface area contributed by atoms with Crippen LogP contribution in [0.5, 0.6) is 5.75 Å². The molecule has 3 heteroatoms. The van der Waals surface area contributed by atoms with E-state index in [1.54, 1.807) is 7.11 Å². The summed E-state index contributed by atoms with van der Waals surface area (Å²) in [4.78, 5) is 0. The predicted octanol–water partition coefficient (Wildman–Crippen LogP) is 3.10. The summed E-state index contributed by atoms with van der Waals surface area (Å²) in [6.07, 6.45) is 8.23. The molecule has 21 heavy (non-hydrogen) atoms. The van der Waals surface area contributed by atoms with Crippen LogP contribution in [-0.4, -0.2) is 25.7 Å². The highest BCUT2D eigenvalue weighted by Gasteiger charge is 2.32. The second-order valence-corrected chi connectivity index (χ2v) is 6.47. The van der Waals surface area contributed by atoms with Crippen LogP contribution >= 0.6 is 0 Å². The first kappa shape index (κ1) is 14.9. The second-order valence-electron chi connectivity index (χ2n) is 6.47. The van der Waals surface area contributed by atoms with E-state index >= 15 is 0 Å². The van der Waals surface area contributed by atoms with E-state index in [9.17, 15) is 0 Å². The molecule has 1 aliphatic carbocycles. The van der Waals surface area contributed by atoms with Crippen molar-refractivity contribution in [2.24, 2.45) is 5.92 Å². The SMILES string of the molecule is COc1ccccc1CNC1CCCNC1C1CCCC1. The third kappa shape index (κ3) is 3.58. The first-order valence-corrected chi connectivity index (χ1v) is 8.47. The molecule has 0 spiro atoms. The van der Waals surface area contributed by atoms with E-state index in [0.29, 0.717) is 12.1 Å². The van der Waals surface area contributed by atoms with Gasteiger partial charge in [-0.15, -0.1) is 0 Å². The third-order valence-corrected chi connectivity index (χ3v) is 5.16. The Morgan fingerprint density at radius 3 is 2.76 bits per heavy atom. The number of hydrogen-bond donors (Lipinski definition) is 2. The molecule has 2 atom stereocenters. The van der Waals surface area contributed by atoms with E-state index in [-0.39, 0.29) is 0 Å². The standard InChI is InChI=1S/C18H28N2O/c1-21-17-11-5-4-9-15(17)13-20-16-10-6-12-19-18(16)14-7-2-3-8-14/h4-5,9,11,14,16,18-20H,2-3,6-8,10,12-13H2,1H3. The zero-order valence-corrected chi connectivity index (χ0v) is 13.1. The quantitative estimate of drug-likeness (QED) is 0.873. The van der Waals surface area contributed by atoms with Crippen molar-refractivity contribution in [3.05, 3.63) is 29.8 Å². The van der Waals surface area contributed by atoms with E-state index < -0.39 is 0 Å². The van der Waals surface area contributed by atoms with E-state index in [4.69, 9.17) is 4.74 Å². The van der Waals surface area contributed by atoms with Crippen LogP contribution in [0.2, 0.25) is 0 Å². The van der Waals surface area contributed by atoms with Crippen LogP contribution in [0.1, 0.15) is 44.1 Å². The lowest BCUT2D eigenvalue weighted by molar-refractivity contribution is 0.229. The molecular formula is C18H28N2O. The highest BCUT2D eigenvalue weighted by molar-refractivity contribution is 5.33. The summed E-state index contributed by atoms with van der Waals surface area (Å²) >= 11 is 0. The number of hydrogen-bond acceptors (Lipinski definition) is 3. The van der Waals surface area contributed by atoms with Gasteiger partial charge in [0.1, 0.15) is 5.75 Å². The number of methoxy groups -OCH3 is 1. The lowest BCUT2D eigenvalue weighted by atomic mass is 9.86. The average Bonchev–Trinajstić information content (AvgIpc) is 3.08. The molecule has 2 fully saturated rings. The largest absolute Gasteiger partial charge is 0.496 e. The molecule has 1 saturated carbocycles. The van der Waals surface area contributed by atoms with Gasteiger partial charge in [-0.3, -0.25) is 0 Å². The monoisotopic (exact) mass is 288 g/mol. The van der Waals surface area contributed by atoms with Crippen LogP contribution in [0.15, 0.2) is 24.3 Å². The maximum Gasteiger partial charge on any atom is 0.123 e. The fraction of sp³-hybridized carbons (Fsp3) is 0.667. The van der Waals surface area contributed by atoms with Gasteiger partial charge in [0.2, 0.25) is 0 Å². The molecule has 1 heterocycles. The first-order chi connectivity index (χ1) is 10.4. The fourth-order valence-electron chi connectivity index (χ4n) is 4.04. The maximum atomic E-state index is 5.46. The fourth-order valence-corrected chi connectivity index (χ4v) is 4.04. The molecule has 3 rings (SSSR count). The van der Waals surface area contributed by atoms with E-state index in [0.717, 1.165) is 18.2 Å². The van der Waals surface area contributed by atoms with Crippen molar-refractivity contribution in [3.8, 4) is 5.75 Å². The van der Waals surface area contributed by atoms with Gasteiger partial charge in [-0.2, -0.15) is 0 Å². The molecule has 2 aliphatic rings. The summed E-state index contributed by atoms with van der Waals surface area (Å²) in [6.45, 7) is 2.09. The Bertz CT molecular complexity index is 443. The lowest BCUT2D eigenvalue weighted by Crippen LogP contribution is -2.54. The number of nitrogens with one attached hydrogen (secondary N) is 2. The van der Waals surface area contributed by atoms with Crippen LogP contribution in [0, 0.1) is 5.92 Å². The molecular weight excluding hydrogens is 260 g/mol. The van der Waals surface area contributed by atoms with E-state index in [2.05, 4.69) is 22.8 Å². The molecule has 1 aromatic carbocycles. The molecule has 1 saturated heterocycles. The lowest BCUT2D eigenvalue weighted by Gasteiger charge is -2.37. The van der Waals surface area contributed by atoms with E-state index in [1.807, 2.05) is 12.1 Å². The summed E-state index contributed by atoms with van der Waals surface area (Å²) in [5.74, 6) is 1.87. The molecule has 1 aliphatic heterocycles. The summed E-state index contributed by atoms with van der Waals surface area (Å²) in [5, 5.41) is 7.58. The zero-order chi connectivity index (χ0) is 14.5. The molecule has 2 N–H and O–H groups in total. The molecule has 0 radical (unpaired) electrons. The number of benzene rings is 1. The van der Waals surface area contributed by atoms with Crippen molar-refractivity contribution in [2.45, 2.75) is 57.2 Å². The Hall–Kier alpha value is -1.06. The highest BCUT2D eigenvalue weighted by Crippen LogP contribution is 2.31. The Morgan fingerprint density at radius 1 is 1.14 bits per heavy atom. The topological polar surface area (TPSA) is 33.3 Å². The van der Waals surface area contributed by atoms with Gasteiger partial charge >= 0.3 is 0 Å². The van der Waals surface area contributed by atoms with Crippen molar-refractivity contribution in [2.75, 3.05) is 13.7 Å². The molecule has 116 valence electrons. The zero-order valence-electron chi connectivity index (χ0n) is 13.1. The molecule has 0 bridgehead atoms. The maximum absolute atomic E-state index is 5.46. The van der Waals surface area contributed by atoms with Crippen LogP contribution in [0.25, 0.3) is 0 Å². The van der Waals surface area contributed by atoms with Crippen LogP contribution in [0.3, 0.4) is 0 Å². The summed E-state index contributed by atoms with van der Waals surface area (Å²) in [5.41, 5.74) is 1.26. The molecule has 0 aromatic heterocycles. The summed E-state index contributed by atoms with van der Waals surface area (Å²) in [6, 6.07) is 9.60. The van der Waals surface area contributed by atoms with Crippen molar-refractivity contribution in [1.82, 2.24) is 10.6 Å². The molecule has 3 nitrogen and oxygen atoms in total. The Balaban J connectivity index is 1.61. The Morgan fingerprint density at radius 2 is 1.95 bits per heavy atom. The minimum Gasteiger partial charge on any atom is -0.496 e. The first-order valence-electron chi connectivity index (χ1n) is 8.47. The van der Waals surface area contributed by atoms with Gasteiger partial charge in [-0.25, -0.2) is 0 Å². The number of rotatable bonds is 5. The molecule has 2 unspecified atom stereocenters. The van der Waals surface area contributed by atoms with Gasteiger partial charge in [0.25, 0.3) is 0 Å². The van der Waals surface area contributed by atoms with Gasteiger partial charge < -0.3 is 15.4 Å². The van der Waals surface area contributed by atoms with Crippen LogP contribution < -0.4 is 15.4 Å². The van der Waals surface area contributed by atoms with Gasteiger partial charge in [-0.1, -0.05) is 31.0 Å². The van der Waals surface area contributed by atoms with Crippen molar-refractivity contribution in [1.29, 1.82) is 0 Å². The predicted molar refractivity (Wildman–Crippen MR) is 86.6 cm³/mol. The van der Waals surface area contributed by atoms with Gasteiger partial charge in [0, 0.05) is 24.2 Å². The Labute approximate surface area is 128 Å². The van der Waals surface area contributed by atoms with Crippen LogP contribution in [0.4, 0.5) is 0 Å². The van der Waals surface area contributed by atoms with E-state index in [1.165, 1.54) is 50.6 Å². The minimum atomic E-state index is 0.603. The van der Waals surface area contributed by atoms with Gasteiger partial charge in [0.05, 0.1) is 7.11 Å². The normalized spacial score (nSPS) is 26.9. The van der Waals surface area contributed by atoms with Crippen molar-refractivity contribution < 1.29 is 4.74 Å². The number of piperidine rings is 1. The third-order valence-electron chi connectivity index (χ3n) is 5.16. The number of para-hydroxylation sites is 1. The summed E-state index contributed by atoms with van der Waals surface area (Å²) < 4.78 is 5.46. The molecule has 1 aromatic rings. The smallest absolute Gasteiger partial charge is 0.123 e. The van der Waals surface area contributed by atoms with Crippen molar-refractivity contribution in [3.63, 3.8) is 0 Å². The highest BCUT2D eigenvalue weighted by atomic mass is 16.5.